The monoisotopic (exact) mass is 578 g/mol. The first-order chi connectivity index (χ1) is 20.9. The molecule has 6 N–H and O–H groups in total. The molecule has 5 aromatic rings. The molecular weight excluding hydrogens is 544 g/mol. The van der Waals surface area contributed by atoms with Gasteiger partial charge < -0.3 is 31.4 Å². The molecule has 0 aliphatic rings. The van der Waals surface area contributed by atoms with Gasteiger partial charge in [0, 0.05) is 44.9 Å². The van der Waals surface area contributed by atoms with Gasteiger partial charge in [-0.25, -0.2) is 4.98 Å². The van der Waals surface area contributed by atoms with Gasteiger partial charge in [-0.15, -0.1) is 0 Å². The van der Waals surface area contributed by atoms with Gasteiger partial charge in [0.25, 0.3) is 5.91 Å². The maximum atomic E-state index is 12.6. The molecule has 3 aromatic carbocycles. The van der Waals surface area contributed by atoms with Gasteiger partial charge in [0.2, 0.25) is 11.8 Å². The zero-order valence-electron chi connectivity index (χ0n) is 24.1. The van der Waals surface area contributed by atoms with Gasteiger partial charge in [-0.3, -0.25) is 4.79 Å². The molecule has 1 amide bonds. The maximum absolute atomic E-state index is 12.6. The van der Waals surface area contributed by atoms with Gasteiger partial charge in [-0.2, -0.15) is 20.2 Å². The third-order valence-corrected chi connectivity index (χ3v) is 6.67. The van der Waals surface area contributed by atoms with Crippen LogP contribution in [0.1, 0.15) is 33.7 Å². The lowest BCUT2D eigenvalue weighted by molar-refractivity contribution is 0.0953. The quantitative estimate of drug-likeness (QED) is 0.120. The smallest absolute Gasteiger partial charge is 0.251 e. The lowest BCUT2D eigenvalue weighted by atomic mass is 10.1. The van der Waals surface area contributed by atoms with Crippen LogP contribution in [0.4, 0.5) is 23.0 Å². The number of carbonyl (C=O) groups is 1. The number of rotatable bonds is 12. The number of aromatic amines is 1. The van der Waals surface area contributed by atoms with Crippen LogP contribution in [-0.4, -0.2) is 46.5 Å². The second kappa shape index (κ2) is 13.5. The predicted octanol–water partition coefficient (Wildman–Crippen LogP) is 4.82. The summed E-state index contributed by atoms with van der Waals surface area (Å²) in [4.78, 5) is 30.9. The number of nitrogens with two attached hydrogens (primary N) is 2. The Morgan fingerprint density at radius 3 is 2.21 bits per heavy atom. The average Bonchev–Trinajstić information content (AvgIpc) is 3.44. The van der Waals surface area contributed by atoms with Crippen molar-refractivity contribution in [3.05, 3.63) is 95.3 Å². The Kier molecular flexibility index (Phi) is 9.17. The third kappa shape index (κ3) is 7.68. The lowest BCUT2D eigenvalue weighted by Crippen LogP contribution is -2.24. The van der Waals surface area contributed by atoms with Gasteiger partial charge >= 0.3 is 0 Å². The molecule has 0 fully saturated rings. The van der Waals surface area contributed by atoms with Crippen molar-refractivity contribution in [2.45, 2.75) is 26.0 Å². The number of nitrogen functional groups attached to an aromatic ring is 1. The molecule has 5 rings (SSSR count). The lowest BCUT2D eigenvalue weighted by Gasteiger charge is -2.11. The van der Waals surface area contributed by atoms with Crippen LogP contribution in [0, 0.1) is 0 Å². The number of hydrogen-bond donors (Lipinski definition) is 4. The number of amides is 1. The van der Waals surface area contributed by atoms with Gasteiger partial charge in [-0.1, -0.05) is 24.3 Å². The summed E-state index contributed by atoms with van der Waals surface area (Å²) < 4.78 is 5.93. The highest BCUT2D eigenvalue weighted by molar-refractivity contribution is 5.94. The van der Waals surface area contributed by atoms with Crippen molar-refractivity contribution in [3.63, 3.8) is 0 Å². The number of fused-ring (bicyclic) bond motifs is 1. The predicted molar refractivity (Wildman–Crippen MR) is 167 cm³/mol. The topological polar surface area (TPSA) is 173 Å². The first-order valence-electron chi connectivity index (χ1n) is 13.9. The number of hydrogen-bond acceptors (Lipinski definition) is 10. The summed E-state index contributed by atoms with van der Waals surface area (Å²) in [6.45, 7) is 1.27. The number of nitrogens with zero attached hydrogens (tertiary/aromatic N) is 6. The first-order valence-corrected chi connectivity index (χ1v) is 13.9. The van der Waals surface area contributed by atoms with Crippen molar-refractivity contribution in [1.82, 2.24) is 25.3 Å². The van der Waals surface area contributed by atoms with Crippen LogP contribution in [0.5, 0.6) is 5.88 Å². The minimum atomic E-state index is -0.166. The molecule has 220 valence electrons. The number of aryl methyl sites for hydroxylation is 1. The number of aromatic nitrogens is 4. The molecule has 2 aromatic heterocycles. The van der Waals surface area contributed by atoms with E-state index in [1.807, 2.05) is 67.5 Å². The number of benzene rings is 3. The normalized spacial score (nSPS) is 11.2. The van der Waals surface area contributed by atoms with Gasteiger partial charge in [0.05, 0.1) is 11.4 Å². The molecule has 12 nitrogen and oxygen atoms in total. The molecule has 0 radical (unpaired) electrons. The third-order valence-electron chi connectivity index (χ3n) is 6.67. The molecule has 0 spiro atoms. The summed E-state index contributed by atoms with van der Waals surface area (Å²) >= 11 is 0. The molecular formula is C31H34N10O2. The molecule has 43 heavy (non-hydrogen) atoms. The fourth-order valence-electron chi connectivity index (χ4n) is 4.25. The van der Waals surface area contributed by atoms with Crippen LogP contribution in [0.3, 0.4) is 0 Å². The second-order valence-corrected chi connectivity index (χ2v) is 10.1. The summed E-state index contributed by atoms with van der Waals surface area (Å²) in [5.74, 6) is 0.952. The standard InChI is InChI=1S/C31H34N10O2/c1-41(2)25-15-13-24(14-16-25)40-39-23-11-9-22(10-12-23)29(42)34-17-3-4-26-35-27-28(36-26)37-31(33)38-30(27)43-19-21-7-5-20(18-32)6-8-21/h5-16H,3-4,17-19,32H2,1-2H3,(H,34,42)(H3,33,35,36,37,38). The van der Waals surface area contributed by atoms with Crippen LogP contribution in [0.15, 0.2) is 83.0 Å². The molecule has 0 aliphatic carbocycles. The van der Waals surface area contributed by atoms with Crippen molar-refractivity contribution in [1.29, 1.82) is 0 Å². The molecule has 0 atom stereocenters. The Labute approximate surface area is 249 Å². The minimum Gasteiger partial charge on any atom is -0.471 e. The van der Waals surface area contributed by atoms with Crippen molar-refractivity contribution >= 4 is 40.1 Å². The number of azo groups is 1. The Morgan fingerprint density at radius 1 is 0.907 bits per heavy atom. The molecule has 2 heterocycles. The number of anilines is 2. The van der Waals surface area contributed by atoms with Gasteiger partial charge in [0.1, 0.15) is 17.9 Å². The Hall–Kier alpha value is -5.36. The van der Waals surface area contributed by atoms with E-state index in [2.05, 4.69) is 35.5 Å². The number of H-pyrrole nitrogens is 1. The number of carbonyl (C=O) groups excluding carboxylic acids is 1. The zero-order valence-corrected chi connectivity index (χ0v) is 24.1. The number of nitrogens with one attached hydrogen (secondary N) is 2. The zero-order chi connectivity index (χ0) is 30.2. The highest BCUT2D eigenvalue weighted by Gasteiger charge is 2.14. The van der Waals surface area contributed by atoms with Crippen LogP contribution in [-0.2, 0) is 19.6 Å². The van der Waals surface area contributed by atoms with E-state index < -0.39 is 0 Å². The molecule has 12 heteroatoms. The molecule has 0 unspecified atom stereocenters. The minimum absolute atomic E-state index is 0.0810. The summed E-state index contributed by atoms with van der Waals surface area (Å²) in [5, 5.41) is 11.5. The molecule has 0 aliphatic heterocycles. The van der Waals surface area contributed by atoms with Crippen molar-refractivity contribution in [2.75, 3.05) is 31.3 Å². The summed E-state index contributed by atoms with van der Waals surface area (Å²) in [6.07, 6.45) is 1.25. The van der Waals surface area contributed by atoms with E-state index in [0.29, 0.717) is 66.7 Å². The van der Waals surface area contributed by atoms with E-state index in [0.717, 1.165) is 22.5 Å². The summed E-state index contributed by atoms with van der Waals surface area (Å²) in [5.41, 5.74) is 17.6. The Morgan fingerprint density at radius 2 is 1.56 bits per heavy atom. The van der Waals surface area contributed by atoms with Crippen molar-refractivity contribution in [3.8, 4) is 5.88 Å². The van der Waals surface area contributed by atoms with Crippen LogP contribution >= 0.6 is 0 Å². The first kappa shape index (κ1) is 29.1. The molecule has 0 saturated heterocycles. The van der Waals surface area contributed by atoms with Crippen LogP contribution in [0.2, 0.25) is 0 Å². The molecule has 0 bridgehead atoms. The van der Waals surface area contributed by atoms with E-state index in [1.54, 1.807) is 24.3 Å². The van der Waals surface area contributed by atoms with Gasteiger partial charge in [0.15, 0.2) is 5.65 Å². The van der Waals surface area contributed by atoms with Gasteiger partial charge in [-0.05, 0) is 66.1 Å². The summed E-state index contributed by atoms with van der Waals surface area (Å²) in [6, 6.07) is 22.6. The maximum Gasteiger partial charge on any atom is 0.251 e. The number of imidazole rings is 1. The van der Waals surface area contributed by atoms with E-state index in [9.17, 15) is 4.79 Å². The second-order valence-electron chi connectivity index (χ2n) is 10.1. The van der Waals surface area contributed by atoms with Crippen LogP contribution < -0.4 is 26.4 Å². The fourth-order valence-corrected chi connectivity index (χ4v) is 4.25. The van der Waals surface area contributed by atoms with E-state index >= 15 is 0 Å². The van der Waals surface area contributed by atoms with E-state index in [-0.39, 0.29) is 11.9 Å². The number of ether oxygens (including phenoxy) is 1. The summed E-state index contributed by atoms with van der Waals surface area (Å²) in [7, 11) is 3.97. The van der Waals surface area contributed by atoms with Crippen molar-refractivity contribution < 1.29 is 9.53 Å². The highest BCUT2D eigenvalue weighted by Crippen LogP contribution is 2.24. The fraction of sp³-hybridized carbons (Fsp3) is 0.226. The largest absolute Gasteiger partial charge is 0.471 e. The average molecular weight is 579 g/mol. The Bertz CT molecular complexity index is 1700. The SMILES string of the molecule is CN(C)c1ccc(N=Nc2ccc(C(=O)NCCCc3nc4nc(N)nc(OCc5ccc(CN)cc5)c4[nH]3)cc2)cc1. The van der Waals surface area contributed by atoms with E-state index in [1.165, 1.54) is 0 Å². The van der Waals surface area contributed by atoms with E-state index in [4.69, 9.17) is 16.2 Å². The Balaban J connectivity index is 1.11. The van der Waals surface area contributed by atoms with Crippen LogP contribution in [0.25, 0.3) is 11.2 Å². The highest BCUT2D eigenvalue weighted by atomic mass is 16.5. The molecule has 0 saturated carbocycles. The van der Waals surface area contributed by atoms with Crippen molar-refractivity contribution in [2.24, 2.45) is 16.0 Å².